The summed E-state index contributed by atoms with van der Waals surface area (Å²) in [5.41, 5.74) is 1.93. The molecule has 1 aliphatic heterocycles. The van der Waals surface area contributed by atoms with E-state index < -0.39 is 0 Å². The third kappa shape index (κ3) is 4.14. The zero-order valence-corrected chi connectivity index (χ0v) is 18.3. The second-order valence-electron chi connectivity index (χ2n) is 7.04. The van der Waals surface area contributed by atoms with Gasteiger partial charge in [-0.3, -0.25) is 9.69 Å². The van der Waals surface area contributed by atoms with Gasteiger partial charge in [-0.2, -0.15) is 4.98 Å². The fourth-order valence-electron chi connectivity index (χ4n) is 3.39. The van der Waals surface area contributed by atoms with E-state index in [9.17, 15) is 9.18 Å². The van der Waals surface area contributed by atoms with Gasteiger partial charge in [-0.15, -0.1) is 0 Å². The first-order chi connectivity index (χ1) is 14.9. The number of hydrogen-bond acceptors (Lipinski definition) is 6. The summed E-state index contributed by atoms with van der Waals surface area (Å²) in [5.74, 6) is 0.173. The lowest BCUT2D eigenvalue weighted by Crippen LogP contribution is -2.46. The van der Waals surface area contributed by atoms with Gasteiger partial charge in [-0.05, 0) is 37.4 Å². The van der Waals surface area contributed by atoms with E-state index in [1.54, 1.807) is 42.3 Å². The fourth-order valence-corrected chi connectivity index (χ4v) is 3.99. The first-order valence-corrected chi connectivity index (χ1v) is 10.2. The van der Waals surface area contributed by atoms with E-state index in [2.05, 4.69) is 20.6 Å². The van der Waals surface area contributed by atoms with Crippen LogP contribution in [0.2, 0.25) is 10.0 Å². The van der Waals surface area contributed by atoms with Gasteiger partial charge >= 0.3 is 0 Å². The van der Waals surface area contributed by atoms with Crippen LogP contribution in [0.4, 0.5) is 27.5 Å². The molecule has 0 saturated carbocycles. The van der Waals surface area contributed by atoms with Gasteiger partial charge in [-0.1, -0.05) is 29.3 Å². The lowest BCUT2D eigenvalue weighted by Gasteiger charge is -2.35. The molecule has 1 aliphatic rings. The predicted octanol–water partition coefficient (Wildman–Crippen LogP) is 4.44. The number of benzene rings is 2. The molecule has 0 spiro atoms. The quantitative estimate of drug-likeness (QED) is 0.586. The average molecular weight is 461 g/mol. The minimum atomic E-state index is -0.298. The van der Waals surface area contributed by atoms with Crippen molar-refractivity contribution in [3.63, 3.8) is 0 Å². The maximum Gasteiger partial charge on any atom is 0.265 e. The zero-order valence-electron chi connectivity index (χ0n) is 16.8. The van der Waals surface area contributed by atoms with Gasteiger partial charge in [0.2, 0.25) is 5.95 Å². The Hall–Kier alpha value is -2.94. The zero-order chi connectivity index (χ0) is 22.1. The Morgan fingerprint density at radius 1 is 1.19 bits per heavy atom. The molecule has 2 heterocycles. The van der Waals surface area contributed by atoms with E-state index in [-0.39, 0.29) is 18.4 Å². The number of aromatic nitrogens is 2. The van der Waals surface area contributed by atoms with Crippen molar-refractivity contribution in [1.29, 1.82) is 0 Å². The molecule has 1 amide bonds. The Balaban J connectivity index is 1.64. The molecular weight excluding hydrogens is 442 g/mol. The number of hydrogen-bond donors (Lipinski definition) is 2. The molecule has 31 heavy (non-hydrogen) atoms. The molecule has 0 unspecified atom stereocenters. The van der Waals surface area contributed by atoms with Gasteiger partial charge in [0.1, 0.15) is 17.2 Å². The first-order valence-electron chi connectivity index (χ1n) is 9.43. The topological polar surface area (TPSA) is 73.4 Å². The SMILES string of the molecule is CNCc1cc(Nc2ncc3c(n2)N(C)CN(c2c(Cl)cccc2Cl)C3=O)ccc1F. The molecule has 7 nitrogen and oxygen atoms in total. The van der Waals surface area contributed by atoms with Crippen LogP contribution in [0, 0.1) is 5.82 Å². The number of fused-ring (bicyclic) bond motifs is 1. The normalized spacial score (nSPS) is 13.4. The summed E-state index contributed by atoms with van der Waals surface area (Å²) in [6.07, 6.45) is 1.46. The standard InChI is InChI=1S/C21H19Cl2FN6O/c1-25-9-12-8-13(6-7-17(12)24)27-21-26-10-14-19(28-21)29(2)11-30(20(14)31)18-15(22)4-3-5-16(18)23/h3-8,10,25H,9,11H2,1-2H3,(H,26,27,28). The molecule has 2 aromatic carbocycles. The highest BCUT2D eigenvalue weighted by Crippen LogP contribution is 2.37. The van der Waals surface area contributed by atoms with Gasteiger partial charge < -0.3 is 15.5 Å². The average Bonchev–Trinajstić information content (AvgIpc) is 2.74. The molecular formula is C21H19Cl2FN6O. The number of rotatable bonds is 5. The van der Waals surface area contributed by atoms with Crippen LogP contribution >= 0.6 is 23.2 Å². The minimum Gasteiger partial charge on any atom is -0.341 e. The van der Waals surface area contributed by atoms with Gasteiger partial charge in [0.05, 0.1) is 22.4 Å². The molecule has 0 saturated heterocycles. The molecule has 160 valence electrons. The lowest BCUT2D eigenvalue weighted by atomic mass is 10.2. The van der Waals surface area contributed by atoms with E-state index in [0.717, 1.165) is 0 Å². The molecule has 0 bridgehead atoms. The van der Waals surface area contributed by atoms with Crippen LogP contribution in [0.25, 0.3) is 0 Å². The van der Waals surface area contributed by atoms with Crippen molar-refractivity contribution in [3.8, 4) is 0 Å². The molecule has 10 heteroatoms. The second-order valence-corrected chi connectivity index (χ2v) is 7.85. The molecule has 0 atom stereocenters. The van der Waals surface area contributed by atoms with Crippen molar-refractivity contribution in [3.05, 3.63) is 69.6 Å². The van der Waals surface area contributed by atoms with Crippen molar-refractivity contribution in [1.82, 2.24) is 15.3 Å². The van der Waals surface area contributed by atoms with Crippen LogP contribution in [-0.2, 0) is 6.54 Å². The van der Waals surface area contributed by atoms with Gasteiger partial charge in [0, 0.05) is 31.0 Å². The Kier molecular flexibility index (Phi) is 5.95. The summed E-state index contributed by atoms with van der Waals surface area (Å²) in [7, 11) is 3.56. The number of halogens is 3. The molecule has 0 radical (unpaired) electrons. The highest BCUT2D eigenvalue weighted by molar-refractivity contribution is 6.40. The molecule has 3 aromatic rings. The van der Waals surface area contributed by atoms with Crippen molar-refractivity contribution >= 4 is 52.3 Å². The van der Waals surface area contributed by atoms with Crippen LogP contribution in [0.3, 0.4) is 0 Å². The Labute approximate surface area is 188 Å². The second kappa shape index (κ2) is 8.66. The number of amides is 1. The van der Waals surface area contributed by atoms with E-state index in [1.165, 1.54) is 17.2 Å². The van der Waals surface area contributed by atoms with E-state index in [4.69, 9.17) is 23.2 Å². The molecule has 0 aliphatic carbocycles. The van der Waals surface area contributed by atoms with Crippen LogP contribution in [0.15, 0.2) is 42.6 Å². The summed E-state index contributed by atoms with van der Waals surface area (Å²) < 4.78 is 13.9. The molecule has 2 N–H and O–H groups in total. The maximum atomic E-state index is 13.9. The van der Waals surface area contributed by atoms with E-state index in [1.807, 2.05) is 7.05 Å². The summed E-state index contributed by atoms with van der Waals surface area (Å²) in [5, 5.41) is 6.75. The minimum absolute atomic E-state index is 0.217. The monoisotopic (exact) mass is 460 g/mol. The number of carbonyl (C=O) groups is 1. The van der Waals surface area contributed by atoms with E-state index in [0.29, 0.717) is 50.9 Å². The van der Waals surface area contributed by atoms with Gasteiger partial charge in [0.25, 0.3) is 5.91 Å². The first kappa shape index (κ1) is 21.3. The summed E-state index contributed by atoms with van der Waals surface area (Å²) >= 11 is 12.6. The number of nitrogens with zero attached hydrogens (tertiary/aromatic N) is 4. The largest absolute Gasteiger partial charge is 0.341 e. The third-order valence-corrected chi connectivity index (χ3v) is 5.45. The van der Waals surface area contributed by atoms with Crippen LogP contribution in [0.5, 0.6) is 0 Å². The molecule has 1 aromatic heterocycles. The smallest absolute Gasteiger partial charge is 0.265 e. The fraction of sp³-hybridized carbons (Fsp3) is 0.190. The van der Waals surface area contributed by atoms with Crippen molar-refractivity contribution < 1.29 is 9.18 Å². The highest BCUT2D eigenvalue weighted by Gasteiger charge is 2.32. The predicted molar refractivity (Wildman–Crippen MR) is 121 cm³/mol. The van der Waals surface area contributed by atoms with Crippen molar-refractivity contribution in [2.45, 2.75) is 6.54 Å². The number of anilines is 4. The van der Waals surface area contributed by atoms with Crippen LogP contribution in [-0.4, -0.2) is 36.6 Å². The summed E-state index contributed by atoms with van der Waals surface area (Å²) in [6.45, 7) is 0.610. The van der Waals surface area contributed by atoms with Gasteiger partial charge in [-0.25, -0.2) is 9.37 Å². The van der Waals surface area contributed by atoms with Crippen LogP contribution in [0.1, 0.15) is 15.9 Å². The summed E-state index contributed by atoms with van der Waals surface area (Å²) in [6, 6.07) is 9.76. The molecule has 0 fully saturated rings. The third-order valence-electron chi connectivity index (χ3n) is 4.84. The Bertz CT molecular complexity index is 1140. The Morgan fingerprint density at radius 3 is 2.65 bits per heavy atom. The summed E-state index contributed by atoms with van der Waals surface area (Å²) in [4.78, 5) is 25.2. The van der Waals surface area contributed by atoms with Crippen LogP contribution < -0.4 is 20.4 Å². The van der Waals surface area contributed by atoms with Crippen molar-refractivity contribution in [2.75, 3.05) is 35.9 Å². The number of nitrogens with one attached hydrogen (secondary N) is 2. The van der Waals surface area contributed by atoms with E-state index >= 15 is 0 Å². The highest BCUT2D eigenvalue weighted by atomic mass is 35.5. The number of carbonyl (C=O) groups excluding carboxylic acids is 1. The maximum absolute atomic E-state index is 13.9. The van der Waals surface area contributed by atoms with Gasteiger partial charge in [0.15, 0.2) is 0 Å². The Morgan fingerprint density at radius 2 is 1.94 bits per heavy atom. The van der Waals surface area contributed by atoms with Crippen molar-refractivity contribution in [2.24, 2.45) is 0 Å². The lowest BCUT2D eigenvalue weighted by molar-refractivity contribution is 0.0982. The number of para-hydroxylation sites is 1. The molecule has 4 rings (SSSR count).